The second-order valence-electron chi connectivity index (χ2n) is 6.72. The highest BCUT2D eigenvalue weighted by Crippen LogP contribution is 2.20. The van der Waals surface area contributed by atoms with Gasteiger partial charge in [0.05, 0.1) is 6.20 Å². The Morgan fingerprint density at radius 1 is 1.12 bits per heavy atom. The quantitative estimate of drug-likeness (QED) is 0.839. The molecule has 0 unspecified atom stereocenters. The number of carbonyl (C=O) groups excluding carboxylic acids is 1. The molecular formula is C20H23N3O2. The van der Waals surface area contributed by atoms with Crippen molar-refractivity contribution < 1.29 is 9.53 Å². The van der Waals surface area contributed by atoms with Gasteiger partial charge in [-0.25, -0.2) is 0 Å². The number of fused-ring (bicyclic) bond motifs is 1. The molecule has 25 heavy (non-hydrogen) atoms. The third kappa shape index (κ3) is 3.66. The van der Waals surface area contributed by atoms with Gasteiger partial charge in [0.2, 0.25) is 0 Å². The van der Waals surface area contributed by atoms with Crippen LogP contribution in [0.4, 0.5) is 0 Å². The fourth-order valence-electron chi connectivity index (χ4n) is 3.66. The van der Waals surface area contributed by atoms with Crippen LogP contribution < -0.4 is 4.74 Å². The minimum atomic E-state index is 0.171. The number of rotatable bonds is 5. The second-order valence-corrected chi connectivity index (χ2v) is 6.72. The third-order valence-corrected chi connectivity index (χ3v) is 5.04. The van der Waals surface area contributed by atoms with Crippen LogP contribution >= 0.6 is 0 Å². The summed E-state index contributed by atoms with van der Waals surface area (Å²) in [4.78, 5) is 21.1. The van der Waals surface area contributed by atoms with E-state index in [0.717, 1.165) is 56.9 Å². The van der Waals surface area contributed by atoms with Gasteiger partial charge in [0, 0.05) is 44.5 Å². The number of aromatic nitrogens is 1. The van der Waals surface area contributed by atoms with Crippen molar-refractivity contribution in [2.24, 2.45) is 0 Å². The van der Waals surface area contributed by atoms with Gasteiger partial charge in [-0.2, -0.15) is 0 Å². The molecule has 0 aliphatic carbocycles. The van der Waals surface area contributed by atoms with Crippen molar-refractivity contribution in [2.75, 3.05) is 32.7 Å². The molecule has 1 fully saturated rings. The normalized spacial score (nSPS) is 20.6. The van der Waals surface area contributed by atoms with Crippen LogP contribution in [0.3, 0.4) is 0 Å². The average molecular weight is 337 g/mol. The van der Waals surface area contributed by atoms with Crippen LogP contribution in [-0.2, 0) is 6.42 Å². The topological polar surface area (TPSA) is 45.7 Å². The fraction of sp³-hybridized carbons (Fsp3) is 0.400. The maximum atomic E-state index is 12.6. The molecule has 1 aromatic heterocycles. The van der Waals surface area contributed by atoms with Gasteiger partial charge in [-0.05, 0) is 36.6 Å². The first-order valence-electron chi connectivity index (χ1n) is 8.96. The molecule has 0 N–H and O–H groups in total. The van der Waals surface area contributed by atoms with E-state index in [-0.39, 0.29) is 12.0 Å². The molecule has 4 rings (SSSR count). The third-order valence-electron chi connectivity index (χ3n) is 5.04. The summed E-state index contributed by atoms with van der Waals surface area (Å²) in [5.74, 6) is 1.00. The lowest BCUT2D eigenvalue weighted by atomic mass is 9.99. The summed E-state index contributed by atoms with van der Waals surface area (Å²) in [5, 5.41) is 0. The Balaban J connectivity index is 1.28. The minimum Gasteiger partial charge on any atom is -0.487 e. The molecule has 1 atom stereocenters. The summed E-state index contributed by atoms with van der Waals surface area (Å²) in [6.07, 6.45) is 5.69. The van der Waals surface area contributed by atoms with Crippen molar-refractivity contribution in [1.29, 1.82) is 0 Å². The maximum absolute atomic E-state index is 12.6. The number of likely N-dealkylation sites (tertiary alicyclic amines) is 1. The molecule has 5 heteroatoms. The Bertz CT molecular complexity index is 735. The summed E-state index contributed by atoms with van der Waals surface area (Å²) < 4.78 is 5.98. The molecule has 0 saturated carbocycles. The summed E-state index contributed by atoms with van der Waals surface area (Å²) >= 11 is 0. The van der Waals surface area contributed by atoms with E-state index in [1.807, 2.05) is 35.2 Å². The van der Waals surface area contributed by atoms with E-state index in [1.165, 1.54) is 5.56 Å². The molecule has 130 valence electrons. The summed E-state index contributed by atoms with van der Waals surface area (Å²) in [6.45, 7) is 4.43. The first-order valence-corrected chi connectivity index (χ1v) is 8.96. The molecule has 2 aromatic rings. The Kier molecular flexibility index (Phi) is 4.65. The van der Waals surface area contributed by atoms with Crippen LogP contribution in [0, 0.1) is 0 Å². The van der Waals surface area contributed by atoms with Gasteiger partial charge in [-0.1, -0.05) is 18.2 Å². The lowest BCUT2D eigenvalue weighted by molar-refractivity contribution is 0.0722. The number of pyridine rings is 1. The molecule has 0 spiro atoms. The lowest BCUT2D eigenvalue weighted by Gasteiger charge is -2.30. The minimum absolute atomic E-state index is 0.171. The molecule has 0 radical (unpaired) electrons. The number of carbonyl (C=O) groups is 1. The summed E-state index contributed by atoms with van der Waals surface area (Å²) in [5.41, 5.74) is 2.04. The molecule has 2 aliphatic rings. The van der Waals surface area contributed by atoms with E-state index < -0.39 is 0 Å². The second kappa shape index (κ2) is 7.23. The molecule has 0 bridgehead atoms. The van der Waals surface area contributed by atoms with E-state index in [1.54, 1.807) is 12.4 Å². The number of nitrogens with zero attached hydrogens (tertiary/aromatic N) is 3. The van der Waals surface area contributed by atoms with Crippen molar-refractivity contribution in [3.05, 3.63) is 59.9 Å². The molecule has 1 saturated heterocycles. The Labute approximate surface area is 148 Å². The van der Waals surface area contributed by atoms with Crippen molar-refractivity contribution >= 4 is 5.91 Å². The Hall–Kier alpha value is -2.40. The smallest absolute Gasteiger partial charge is 0.254 e. The highest BCUT2D eigenvalue weighted by molar-refractivity contribution is 5.96. The summed E-state index contributed by atoms with van der Waals surface area (Å²) in [7, 11) is 0. The molecule has 3 heterocycles. The number of amides is 1. The van der Waals surface area contributed by atoms with E-state index >= 15 is 0 Å². The van der Waals surface area contributed by atoms with E-state index in [2.05, 4.69) is 16.0 Å². The largest absolute Gasteiger partial charge is 0.487 e. The predicted octanol–water partition coefficient (Wildman–Crippen LogP) is 2.23. The molecule has 1 aromatic carbocycles. The van der Waals surface area contributed by atoms with E-state index in [0.29, 0.717) is 0 Å². The van der Waals surface area contributed by atoms with Crippen molar-refractivity contribution in [1.82, 2.24) is 14.8 Å². The van der Waals surface area contributed by atoms with Gasteiger partial charge in [0.25, 0.3) is 5.91 Å². The maximum Gasteiger partial charge on any atom is 0.254 e. The number of hydrogen-bond acceptors (Lipinski definition) is 4. The molecular weight excluding hydrogens is 314 g/mol. The van der Waals surface area contributed by atoms with Crippen molar-refractivity contribution in [3.63, 3.8) is 0 Å². The Morgan fingerprint density at radius 3 is 2.92 bits per heavy atom. The zero-order valence-electron chi connectivity index (χ0n) is 14.3. The first-order chi connectivity index (χ1) is 12.3. The number of hydrogen-bond donors (Lipinski definition) is 0. The van der Waals surface area contributed by atoms with Gasteiger partial charge in [0.1, 0.15) is 11.9 Å². The molecule has 1 amide bonds. The zero-order chi connectivity index (χ0) is 17.1. The van der Waals surface area contributed by atoms with Gasteiger partial charge >= 0.3 is 0 Å². The fourth-order valence-corrected chi connectivity index (χ4v) is 3.66. The van der Waals surface area contributed by atoms with Gasteiger partial charge in [-0.3, -0.25) is 14.7 Å². The SMILES string of the molecule is O=C1c2ccccc2CCN1CCN1CC[C@H](Oc2cccnc2)C1. The van der Waals surface area contributed by atoms with Gasteiger partial charge in [0.15, 0.2) is 0 Å². The van der Waals surface area contributed by atoms with E-state index in [4.69, 9.17) is 4.74 Å². The summed E-state index contributed by atoms with van der Waals surface area (Å²) in [6, 6.07) is 11.8. The monoisotopic (exact) mass is 337 g/mol. The van der Waals surface area contributed by atoms with Gasteiger partial charge < -0.3 is 9.64 Å². The van der Waals surface area contributed by atoms with Crippen LogP contribution in [0.5, 0.6) is 5.75 Å². The zero-order valence-corrected chi connectivity index (χ0v) is 14.3. The lowest BCUT2D eigenvalue weighted by Crippen LogP contribution is -2.42. The Morgan fingerprint density at radius 2 is 2.04 bits per heavy atom. The standard InChI is InChI=1S/C20H23N3O2/c24-20-19-6-2-1-4-16(19)7-11-23(20)13-12-22-10-8-18(15-22)25-17-5-3-9-21-14-17/h1-6,9,14,18H,7-8,10-13,15H2/t18-/m0/s1. The highest BCUT2D eigenvalue weighted by Gasteiger charge is 2.27. The van der Waals surface area contributed by atoms with Crippen LogP contribution in [0.2, 0.25) is 0 Å². The average Bonchev–Trinajstić information content (AvgIpc) is 3.10. The predicted molar refractivity (Wildman–Crippen MR) is 95.8 cm³/mol. The van der Waals surface area contributed by atoms with Gasteiger partial charge in [-0.15, -0.1) is 0 Å². The first kappa shape index (κ1) is 16.1. The van der Waals surface area contributed by atoms with E-state index in [9.17, 15) is 4.79 Å². The number of ether oxygens (including phenoxy) is 1. The van der Waals surface area contributed by atoms with Crippen molar-refractivity contribution in [2.45, 2.75) is 18.9 Å². The molecule has 2 aliphatic heterocycles. The molecule has 5 nitrogen and oxygen atoms in total. The number of benzene rings is 1. The van der Waals surface area contributed by atoms with Crippen LogP contribution in [0.1, 0.15) is 22.3 Å². The highest BCUT2D eigenvalue weighted by atomic mass is 16.5. The van der Waals surface area contributed by atoms with Crippen LogP contribution in [0.15, 0.2) is 48.8 Å². The van der Waals surface area contributed by atoms with Crippen LogP contribution in [0.25, 0.3) is 0 Å². The van der Waals surface area contributed by atoms with Crippen LogP contribution in [-0.4, -0.2) is 59.5 Å². The van der Waals surface area contributed by atoms with Crippen molar-refractivity contribution in [3.8, 4) is 5.75 Å².